The minimum absolute atomic E-state index is 0.736. The molecule has 1 aromatic carbocycles. The molecular weight excluding hydrogens is 248 g/mol. The topological polar surface area (TPSA) is 24.5 Å². The van der Waals surface area contributed by atoms with Crippen LogP contribution in [0.4, 0.5) is 0 Å². The second kappa shape index (κ2) is 7.65. The van der Waals surface area contributed by atoms with E-state index in [9.17, 15) is 0 Å². The zero-order valence-electron chi connectivity index (χ0n) is 13.1. The van der Waals surface area contributed by atoms with E-state index < -0.39 is 0 Å². The van der Waals surface area contributed by atoms with Crippen LogP contribution in [0.5, 0.6) is 5.75 Å². The van der Waals surface area contributed by atoms with Crippen molar-refractivity contribution in [2.75, 3.05) is 27.7 Å². The van der Waals surface area contributed by atoms with Crippen molar-refractivity contribution in [3.8, 4) is 5.75 Å². The van der Waals surface area contributed by atoms with Gasteiger partial charge in [0.25, 0.3) is 0 Å². The highest BCUT2D eigenvalue weighted by atomic mass is 16.5. The molecule has 0 spiro atoms. The van der Waals surface area contributed by atoms with Crippen molar-refractivity contribution in [2.45, 2.75) is 38.3 Å². The van der Waals surface area contributed by atoms with Crippen LogP contribution in [0.2, 0.25) is 0 Å². The summed E-state index contributed by atoms with van der Waals surface area (Å²) in [5.74, 6) is 1.80. The van der Waals surface area contributed by atoms with Crippen molar-refractivity contribution in [1.29, 1.82) is 0 Å². The highest BCUT2D eigenvalue weighted by molar-refractivity contribution is 5.28. The van der Waals surface area contributed by atoms with Crippen molar-refractivity contribution in [3.05, 3.63) is 29.8 Å². The Hall–Kier alpha value is -1.06. The standard InChI is InChI=1S/C17H28N2O/c1-18-17-9-5-7-15(17)10-11-19(2)13-14-6-4-8-16(12-14)20-3/h4,6,8,12,15,17-18H,5,7,9-11,13H2,1-3H3. The van der Waals surface area contributed by atoms with Crippen LogP contribution >= 0.6 is 0 Å². The van der Waals surface area contributed by atoms with Gasteiger partial charge in [0.05, 0.1) is 7.11 Å². The lowest BCUT2D eigenvalue weighted by Gasteiger charge is -2.23. The molecule has 0 radical (unpaired) electrons. The second-order valence-electron chi connectivity index (χ2n) is 5.96. The number of nitrogens with one attached hydrogen (secondary N) is 1. The van der Waals surface area contributed by atoms with Gasteiger partial charge in [-0.2, -0.15) is 0 Å². The molecule has 20 heavy (non-hydrogen) atoms. The summed E-state index contributed by atoms with van der Waals surface area (Å²) in [5, 5.41) is 3.47. The summed E-state index contributed by atoms with van der Waals surface area (Å²) in [6.45, 7) is 2.16. The van der Waals surface area contributed by atoms with E-state index in [1.54, 1.807) is 7.11 Å². The van der Waals surface area contributed by atoms with Gasteiger partial charge in [-0.15, -0.1) is 0 Å². The molecule has 0 aliphatic heterocycles. The van der Waals surface area contributed by atoms with Crippen molar-refractivity contribution in [1.82, 2.24) is 10.2 Å². The highest BCUT2D eigenvalue weighted by Gasteiger charge is 2.25. The Morgan fingerprint density at radius 3 is 2.95 bits per heavy atom. The summed E-state index contributed by atoms with van der Waals surface area (Å²) >= 11 is 0. The zero-order chi connectivity index (χ0) is 14.4. The monoisotopic (exact) mass is 276 g/mol. The molecule has 0 bridgehead atoms. The van der Waals surface area contributed by atoms with Crippen LogP contribution in [0.25, 0.3) is 0 Å². The average molecular weight is 276 g/mol. The first-order valence-electron chi connectivity index (χ1n) is 7.71. The largest absolute Gasteiger partial charge is 0.497 e. The first kappa shape index (κ1) is 15.3. The smallest absolute Gasteiger partial charge is 0.119 e. The van der Waals surface area contributed by atoms with Crippen LogP contribution in [0.3, 0.4) is 0 Å². The minimum atomic E-state index is 0.736. The number of ether oxygens (including phenoxy) is 1. The molecule has 1 aliphatic rings. The van der Waals surface area contributed by atoms with E-state index in [0.717, 1.165) is 24.3 Å². The molecule has 2 atom stereocenters. The number of hydrogen-bond acceptors (Lipinski definition) is 3. The molecule has 1 fully saturated rings. The average Bonchev–Trinajstić information content (AvgIpc) is 2.93. The summed E-state index contributed by atoms with van der Waals surface area (Å²) in [6.07, 6.45) is 5.42. The van der Waals surface area contributed by atoms with Gasteiger partial charge < -0.3 is 15.0 Å². The van der Waals surface area contributed by atoms with E-state index in [1.807, 2.05) is 6.07 Å². The van der Waals surface area contributed by atoms with Crippen LogP contribution in [0, 0.1) is 5.92 Å². The third kappa shape index (κ3) is 4.22. The maximum atomic E-state index is 5.28. The number of rotatable bonds is 7. The Morgan fingerprint density at radius 2 is 2.20 bits per heavy atom. The molecule has 1 aromatic rings. The van der Waals surface area contributed by atoms with Crippen LogP contribution in [-0.4, -0.2) is 38.7 Å². The molecule has 3 heteroatoms. The van der Waals surface area contributed by atoms with Gasteiger partial charge in [0.15, 0.2) is 0 Å². The molecule has 3 nitrogen and oxygen atoms in total. The van der Waals surface area contributed by atoms with Gasteiger partial charge in [0.1, 0.15) is 5.75 Å². The van der Waals surface area contributed by atoms with Gasteiger partial charge in [-0.25, -0.2) is 0 Å². The van der Waals surface area contributed by atoms with Crippen molar-refractivity contribution in [3.63, 3.8) is 0 Å². The zero-order valence-corrected chi connectivity index (χ0v) is 13.1. The Morgan fingerprint density at radius 1 is 1.35 bits per heavy atom. The maximum absolute atomic E-state index is 5.28. The Balaban J connectivity index is 1.78. The van der Waals surface area contributed by atoms with Gasteiger partial charge in [-0.1, -0.05) is 18.6 Å². The van der Waals surface area contributed by atoms with E-state index in [0.29, 0.717) is 0 Å². The SMILES string of the molecule is CNC1CCCC1CCN(C)Cc1cccc(OC)c1. The first-order valence-corrected chi connectivity index (χ1v) is 7.71. The lowest BCUT2D eigenvalue weighted by molar-refractivity contribution is 0.278. The normalized spacial score (nSPS) is 22.4. The van der Waals surface area contributed by atoms with Crippen molar-refractivity contribution >= 4 is 0 Å². The highest BCUT2D eigenvalue weighted by Crippen LogP contribution is 2.28. The molecule has 0 aromatic heterocycles. The molecule has 1 saturated carbocycles. The van der Waals surface area contributed by atoms with Gasteiger partial charge in [-0.05, 0) is 63.5 Å². The number of hydrogen-bond donors (Lipinski definition) is 1. The van der Waals surface area contributed by atoms with Crippen molar-refractivity contribution < 1.29 is 4.74 Å². The predicted octanol–water partition coefficient (Wildman–Crippen LogP) is 2.91. The van der Waals surface area contributed by atoms with Crippen molar-refractivity contribution in [2.24, 2.45) is 5.92 Å². The van der Waals surface area contributed by atoms with Crippen LogP contribution in [0.15, 0.2) is 24.3 Å². The van der Waals surface area contributed by atoms with Gasteiger partial charge in [0, 0.05) is 12.6 Å². The van der Waals surface area contributed by atoms with E-state index in [2.05, 4.69) is 42.5 Å². The van der Waals surface area contributed by atoms with Crippen LogP contribution < -0.4 is 10.1 Å². The van der Waals surface area contributed by atoms with Gasteiger partial charge >= 0.3 is 0 Å². The quantitative estimate of drug-likeness (QED) is 0.829. The fourth-order valence-electron chi connectivity index (χ4n) is 3.31. The fraction of sp³-hybridized carbons (Fsp3) is 0.647. The lowest BCUT2D eigenvalue weighted by atomic mass is 9.99. The molecule has 1 N–H and O–H groups in total. The van der Waals surface area contributed by atoms with E-state index in [4.69, 9.17) is 4.74 Å². The third-order valence-corrected chi connectivity index (χ3v) is 4.50. The molecule has 112 valence electrons. The number of methoxy groups -OCH3 is 1. The summed E-state index contributed by atoms with van der Waals surface area (Å²) in [4.78, 5) is 2.42. The van der Waals surface area contributed by atoms with Crippen LogP contribution in [0.1, 0.15) is 31.2 Å². The summed E-state index contributed by atoms with van der Waals surface area (Å²) in [7, 11) is 6.03. The Kier molecular flexibility index (Phi) is 5.86. The minimum Gasteiger partial charge on any atom is -0.497 e. The number of nitrogens with zero attached hydrogens (tertiary/aromatic N) is 1. The summed E-state index contributed by atoms with van der Waals surface area (Å²) in [6, 6.07) is 9.10. The van der Waals surface area contributed by atoms with E-state index >= 15 is 0 Å². The predicted molar refractivity (Wildman–Crippen MR) is 84.1 cm³/mol. The molecule has 2 unspecified atom stereocenters. The van der Waals surface area contributed by atoms with E-state index in [-0.39, 0.29) is 0 Å². The molecule has 0 saturated heterocycles. The lowest BCUT2D eigenvalue weighted by Crippen LogP contribution is -2.31. The van der Waals surface area contributed by atoms with Gasteiger partial charge in [-0.3, -0.25) is 0 Å². The maximum Gasteiger partial charge on any atom is 0.119 e. The second-order valence-corrected chi connectivity index (χ2v) is 5.96. The third-order valence-electron chi connectivity index (χ3n) is 4.50. The van der Waals surface area contributed by atoms with Gasteiger partial charge in [0.2, 0.25) is 0 Å². The Labute approximate surface area is 123 Å². The molecule has 0 amide bonds. The molecular formula is C17H28N2O. The number of benzene rings is 1. The first-order chi connectivity index (χ1) is 9.72. The van der Waals surface area contributed by atoms with Crippen LogP contribution in [-0.2, 0) is 6.54 Å². The fourth-order valence-corrected chi connectivity index (χ4v) is 3.31. The molecule has 2 rings (SSSR count). The molecule has 1 aliphatic carbocycles. The Bertz CT molecular complexity index is 408. The summed E-state index contributed by atoms with van der Waals surface area (Å²) in [5.41, 5.74) is 1.32. The summed E-state index contributed by atoms with van der Waals surface area (Å²) < 4.78 is 5.28. The molecule has 0 heterocycles. The van der Waals surface area contributed by atoms with E-state index in [1.165, 1.54) is 37.8 Å².